The van der Waals surface area contributed by atoms with Crippen molar-refractivity contribution in [3.8, 4) is 0 Å². The maximum atomic E-state index is 12.4. The third kappa shape index (κ3) is 2.86. The Morgan fingerprint density at radius 1 is 1.26 bits per heavy atom. The predicted octanol–water partition coefficient (Wildman–Crippen LogP) is 3.51. The molecule has 0 saturated carbocycles. The number of methoxy groups -OCH3 is 2. The molecule has 0 aromatic heterocycles. The SMILES string of the molecule is COC1(OC)C=CC(C(=O)c2ccccc2Br)=CC1. The first-order valence-corrected chi connectivity index (χ1v) is 6.70. The molecule has 1 aliphatic carbocycles. The van der Waals surface area contributed by atoms with E-state index in [0.29, 0.717) is 17.6 Å². The minimum atomic E-state index is -0.752. The summed E-state index contributed by atoms with van der Waals surface area (Å²) in [7, 11) is 3.17. The van der Waals surface area contributed by atoms with Gasteiger partial charge in [0.2, 0.25) is 0 Å². The smallest absolute Gasteiger partial charge is 0.193 e. The Morgan fingerprint density at radius 3 is 2.47 bits per heavy atom. The largest absolute Gasteiger partial charge is 0.349 e. The summed E-state index contributed by atoms with van der Waals surface area (Å²) in [6, 6.07) is 7.39. The van der Waals surface area contributed by atoms with Crippen LogP contribution in [0.5, 0.6) is 0 Å². The number of carbonyl (C=O) groups is 1. The molecule has 0 aliphatic heterocycles. The number of Topliss-reactive ketones (excluding diaryl/α,β-unsaturated/α-hetero) is 1. The predicted molar refractivity (Wildman–Crippen MR) is 77.1 cm³/mol. The Balaban J connectivity index is 2.23. The van der Waals surface area contributed by atoms with Gasteiger partial charge in [0.15, 0.2) is 11.6 Å². The number of benzene rings is 1. The lowest BCUT2D eigenvalue weighted by atomic mass is 9.95. The van der Waals surface area contributed by atoms with Gasteiger partial charge in [0, 0.05) is 36.2 Å². The first-order valence-electron chi connectivity index (χ1n) is 5.91. The topological polar surface area (TPSA) is 35.5 Å². The van der Waals surface area contributed by atoms with E-state index in [2.05, 4.69) is 15.9 Å². The normalized spacial score (nSPS) is 17.1. The van der Waals surface area contributed by atoms with E-state index in [0.717, 1.165) is 4.47 Å². The van der Waals surface area contributed by atoms with Crippen LogP contribution in [0, 0.1) is 0 Å². The highest BCUT2D eigenvalue weighted by Gasteiger charge is 2.29. The molecule has 4 heteroatoms. The number of hydrogen-bond acceptors (Lipinski definition) is 3. The van der Waals surface area contributed by atoms with Gasteiger partial charge in [0.25, 0.3) is 0 Å². The molecular weight excluding hydrogens is 308 g/mol. The van der Waals surface area contributed by atoms with Crippen LogP contribution in [0.1, 0.15) is 16.8 Å². The third-order valence-corrected chi connectivity index (χ3v) is 3.89. The fourth-order valence-electron chi connectivity index (χ4n) is 1.96. The Bertz CT molecular complexity index is 542. The van der Waals surface area contributed by atoms with Crippen molar-refractivity contribution in [2.24, 2.45) is 0 Å². The van der Waals surface area contributed by atoms with Crippen LogP contribution in [0.15, 0.2) is 52.5 Å². The van der Waals surface area contributed by atoms with Crippen molar-refractivity contribution < 1.29 is 14.3 Å². The molecule has 0 unspecified atom stereocenters. The maximum Gasteiger partial charge on any atom is 0.193 e. The molecule has 0 N–H and O–H groups in total. The van der Waals surface area contributed by atoms with Crippen molar-refractivity contribution in [1.29, 1.82) is 0 Å². The first kappa shape index (κ1) is 14.2. The standard InChI is InChI=1S/C15H15BrO3/c1-18-15(19-2)9-7-11(8-10-15)14(17)12-5-3-4-6-13(12)16/h3-9H,10H2,1-2H3. The Morgan fingerprint density at radius 2 is 1.95 bits per heavy atom. The zero-order chi connectivity index (χ0) is 13.9. The van der Waals surface area contributed by atoms with Crippen molar-refractivity contribution >= 4 is 21.7 Å². The van der Waals surface area contributed by atoms with E-state index in [9.17, 15) is 4.79 Å². The summed E-state index contributed by atoms with van der Waals surface area (Å²) >= 11 is 3.39. The molecule has 0 heterocycles. The highest BCUT2D eigenvalue weighted by Crippen LogP contribution is 2.28. The van der Waals surface area contributed by atoms with E-state index >= 15 is 0 Å². The second kappa shape index (κ2) is 5.82. The highest BCUT2D eigenvalue weighted by molar-refractivity contribution is 9.10. The van der Waals surface area contributed by atoms with Crippen molar-refractivity contribution in [3.63, 3.8) is 0 Å². The molecule has 1 aromatic carbocycles. The average Bonchev–Trinajstić information content (AvgIpc) is 2.47. The molecule has 0 bridgehead atoms. The monoisotopic (exact) mass is 322 g/mol. The minimum Gasteiger partial charge on any atom is -0.349 e. The van der Waals surface area contributed by atoms with Gasteiger partial charge in [-0.15, -0.1) is 0 Å². The van der Waals surface area contributed by atoms with Crippen LogP contribution in [0.3, 0.4) is 0 Å². The molecule has 19 heavy (non-hydrogen) atoms. The summed E-state index contributed by atoms with van der Waals surface area (Å²) in [4.78, 5) is 12.4. The van der Waals surface area contributed by atoms with Crippen molar-refractivity contribution in [3.05, 3.63) is 58.1 Å². The van der Waals surface area contributed by atoms with E-state index in [1.165, 1.54) is 0 Å². The number of ether oxygens (including phenoxy) is 2. The number of allylic oxidation sites excluding steroid dienone is 2. The molecule has 0 spiro atoms. The maximum absolute atomic E-state index is 12.4. The van der Waals surface area contributed by atoms with Gasteiger partial charge in [-0.25, -0.2) is 0 Å². The number of rotatable bonds is 4. The van der Waals surface area contributed by atoms with Gasteiger partial charge in [-0.2, -0.15) is 0 Å². The zero-order valence-electron chi connectivity index (χ0n) is 10.9. The van der Waals surface area contributed by atoms with Crippen LogP contribution in [0.4, 0.5) is 0 Å². The van der Waals surface area contributed by atoms with Crippen molar-refractivity contribution in [1.82, 2.24) is 0 Å². The molecule has 1 aromatic rings. The zero-order valence-corrected chi connectivity index (χ0v) is 12.4. The molecule has 0 amide bonds. The van der Waals surface area contributed by atoms with Crippen molar-refractivity contribution in [2.45, 2.75) is 12.2 Å². The Kier molecular flexibility index (Phi) is 4.34. The molecule has 0 fully saturated rings. The first-order chi connectivity index (χ1) is 9.12. The molecule has 0 saturated heterocycles. The summed E-state index contributed by atoms with van der Waals surface area (Å²) in [6.45, 7) is 0. The lowest BCUT2D eigenvalue weighted by molar-refractivity contribution is -0.167. The van der Waals surface area contributed by atoms with Crippen LogP contribution < -0.4 is 0 Å². The Labute approximate surface area is 121 Å². The van der Waals surface area contributed by atoms with Gasteiger partial charge in [0.05, 0.1) is 0 Å². The van der Waals surface area contributed by atoms with Crippen LogP contribution in [-0.4, -0.2) is 25.8 Å². The van der Waals surface area contributed by atoms with Gasteiger partial charge in [-0.05, 0) is 18.2 Å². The van der Waals surface area contributed by atoms with Crippen LogP contribution in [-0.2, 0) is 9.47 Å². The van der Waals surface area contributed by atoms with Gasteiger partial charge in [-0.1, -0.05) is 40.2 Å². The van der Waals surface area contributed by atoms with Gasteiger partial charge in [0.1, 0.15) is 0 Å². The van der Waals surface area contributed by atoms with E-state index in [4.69, 9.17) is 9.47 Å². The minimum absolute atomic E-state index is 0.00969. The summed E-state index contributed by atoms with van der Waals surface area (Å²) in [5.74, 6) is -0.762. The fraction of sp³-hybridized carbons (Fsp3) is 0.267. The van der Waals surface area contributed by atoms with Crippen molar-refractivity contribution in [2.75, 3.05) is 14.2 Å². The van der Waals surface area contributed by atoms with E-state index in [1.54, 1.807) is 32.4 Å². The molecular formula is C15H15BrO3. The van der Waals surface area contributed by atoms with Gasteiger partial charge >= 0.3 is 0 Å². The van der Waals surface area contributed by atoms with E-state index in [1.807, 2.05) is 24.3 Å². The summed E-state index contributed by atoms with van der Waals surface area (Å²) in [5.41, 5.74) is 1.30. The third-order valence-electron chi connectivity index (χ3n) is 3.20. The number of hydrogen-bond donors (Lipinski definition) is 0. The number of halogens is 1. The quantitative estimate of drug-likeness (QED) is 0.628. The molecule has 100 valence electrons. The number of carbonyl (C=O) groups excluding carboxylic acids is 1. The van der Waals surface area contributed by atoms with Crippen LogP contribution in [0.2, 0.25) is 0 Å². The van der Waals surface area contributed by atoms with Crippen LogP contribution >= 0.6 is 15.9 Å². The molecule has 2 rings (SSSR count). The Hall–Kier alpha value is -1.23. The van der Waals surface area contributed by atoms with E-state index in [-0.39, 0.29) is 5.78 Å². The van der Waals surface area contributed by atoms with Gasteiger partial charge < -0.3 is 9.47 Å². The lowest BCUT2D eigenvalue weighted by Gasteiger charge is -2.28. The second-order valence-corrected chi connectivity index (χ2v) is 5.08. The summed E-state index contributed by atoms with van der Waals surface area (Å²) in [6.07, 6.45) is 5.88. The second-order valence-electron chi connectivity index (χ2n) is 4.23. The van der Waals surface area contributed by atoms with Crippen LogP contribution in [0.25, 0.3) is 0 Å². The molecule has 3 nitrogen and oxygen atoms in total. The highest BCUT2D eigenvalue weighted by atomic mass is 79.9. The lowest BCUT2D eigenvalue weighted by Crippen LogP contribution is -2.32. The van der Waals surface area contributed by atoms with E-state index < -0.39 is 5.79 Å². The number of ketones is 1. The molecule has 0 atom stereocenters. The average molecular weight is 323 g/mol. The van der Waals surface area contributed by atoms with Gasteiger partial charge in [-0.3, -0.25) is 4.79 Å². The summed E-state index contributed by atoms with van der Waals surface area (Å²) in [5, 5.41) is 0. The summed E-state index contributed by atoms with van der Waals surface area (Å²) < 4.78 is 11.4. The molecule has 0 radical (unpaired) electrons. The fourth-order valence-corrected chi connectivity index (χ4v) is 2.43. The molecule has 1 aliphatic rings.